The van der Waals surface area contributed by atoms with Crippen LogP contribution in [0.5, 0.6) is 0 Å². The van der Waals surface area contributed by atoms with Gasteiger partial charge in [0.2, 0.25) is 0 Å². The van der Waals surface area contributed by atoms with E-state index in [1.807, 2.05) is 12.1 Å². The molecule has 0 aliphatic rings. The Balaban J connectivity index is 3.14. The molecule has 1 aromatic carbocycles. The van der Waals surface area contributed by atoms with Gasteiger partial charge in [0.25, 0.3) is 0 Å². The summed E-state index contributed by atoms with van der Waals surface area (Å²) in [7, 11) is 5.09. The van der Waals surface area contributed by atoms with Gasteiger partial charge in [-0.3, -0.25) is 9.59 Å². The molecule has 1 aromatic rings. The van der Waals surface area contributed by atoms with Gasteiger partial charge in [-0.1, -0.05) is 12.1 Å². The van der Waals surface area contributed by atoms with Gasteiger partial charge in [-0.2, -0.15) is 0 Å². The Labute approximate surface area is 117 Å². The number of carbonyl (C=O) groups excluding carboxylic acids is 2. The third kappa shape index (κ3) is 4.26. The second kappa shape index (κ2) is 7.57. The third-order valence-electron chi connectivity index (χ3n) is 2.47. The standard InChI is InChI=1S/C13H18O4P2/c1-3-16-12(14)11(13(15)17-4-2)9-6-5-8(18)7-10(9)19/h5-7,11H,3-4,18-19H2,1-2H3. The molecule has 0 aromatic heterocycles. The summed E-state index contributed by atoms with van der Waals surface area (Å²) in [5, 5.41) is 1.75. The molecule has 0 heterocycles. The minimum Gasteiger partial charge on any atom is -0.465 e. The van der Waals surface area contributed by atoms with E-state index in [4.69, 9.17) is 9.47 Å². The van der Waals surface area contributed by atoms with Crippen LogP contribution in [0.2, 0.25) is 0 Å². The normalized spacial score (nSPS) is 10.4. The lowest BCUT2D eigenvalue weighted by Crippen LogP contribution is -2.29. The van der Waals surface area contributed by atoms with Crippen LogP contribution in [0.25, 0.3) is 0 Å². The molecule has 0 fully saturated rings. The molecule has 0 aliphatic heterocycles. The summed E-state index contributed by atoms with van der Waals surface area (Å²) in [6.07, 6.45) is 0. The Morgan fingerprint density at radius 3 is 2.05 bits per heavy atom. The van der Waals surface area contributed by atoms with Gasteiger partial charge >= 0.3 is 11.9 Å². The van der Waals surface area contributed by atoms with Crippen molar-refractivity contribution in [1.29, 1.82) is 0 Å². The molecule has 0 spiro atoms. The quantitative estimate of drug-likeness (QED) is 0.460. The van der Waals surface area contributed by atoms with Crippen molar-refractivity contribution in [2.24, 2.45) is 0 Å². The number of esters is 2. The number of carbonyl (C=O) groups is 2. The number of ether oxygens (including phenoxy) is 2. The lowest BCUT2D eigenvalue weighted by atomic mass is 9.99. The van der Waals surface area contributed by atoms with Crippen LogP contribution in [0, 0.1) is 0 Å². The van der Waals surface area contributed by atoms with Gasteiger partial charge in [0.1, 0.15) is 0 Å². The van der Waals surface area contributed by atoms with E-state index >= 15 is 0 Å². The second-order valence-electron chi connectivity index (χ2n) is 3.83. The Kier molecular flexibility index (Phi) is 6.41. The van der Waals surface area contributed by atoms with Gasteiger partial charge < -0.3 is 9.47 Å². The predicted octanol–water partition coefficient (Wildman–Crippen LogP) is 0.897. The monoisotopic (exact) mass is 300 g/mol. The fourth-order valence-corrected chi connectivity index (χ4v) is 2.58. The van der Waals surface area contributed by atoms with Crippen molar-refractivity contribution in [1.82, 2.24) is 0 Å². The first kappa shape index (κ1) is 16.1. The first-order valence-electron chi connectivity index (χ1n) is 5.99. The predicted molar refractivity (Wildman–Crippen MR) is 81.1 cm³/mol. The Bertz CT molecular complexity index is 456. The summed E-state index contributed by atoms with van der Waals surface area (Å²) in [5.41, 5.74) is 0.591. The lowest BCUT2D eigenvalue weighted by Gasteiger charge is -2.16. The van der Waals surface area contributed by atoms with E-state index in [1.165, 1.54) is 0 Å². The molecule has 6 heteroatoms. The summed E-state index contributed by atoms with van der Waals surface area (Å²) in [6.45, 7) is 3.85. The second-order valence-corrected chi connectivity index (χ2v) is 5.11. The zero-order chi connectivity index (χ0) is 14.4. The number of benzene rings is 1. The SMILES string of the molecule is CCOC(=O)C(C(=O)OCC)c1ccc(P)cc1P. The fraction of sp³-hybridized carbons (Fsp3) is 0.385. The molecule has 0 radical (unpaired) electrons. The highest BCUT2D eigenvalue weighted by atomic mass is 31.0. The van der Waals surface area contributed by atoms with Crippen LogP contribution >= 0.6 is 18.5 Å². The zero-order valence-electron chi connectivity index (χ0n) is 11.0. The number of hydrogen-bond acceptors (Lipinski definition) is 4. The Hall–Kier alpha value is -0.980. The molecule has 0 bridgehead atoms. The summed E-state index contributed by atoms with van der Waals surface area (Å²) in [6, 6.07) is 5.41. The highest BCUT2D eigenvalue weighted by Crippen LogP contribution is 2.19. The van der Waals surface area contributed by atoms with E-state index in [-0.39, 0.29) is 13.2 Å². The molecular weight excluding hydrogens is 282 g/mol. The lowest BCUT2D eigenvalue weighted by molar-refractivity contribution is -0.156. The average Bonchev–Trinajstić information content (AvgIpc) is 2.33. The first-order chi connectivity index (χ1) is 9.01. The van der Waals surface area contributed by atoms with Crippen LogP contribution in [0.4, 0.5) is 0 Å². The van der Waals surface area contributed by atoms with Crippen molar-refractivity contribution < 1.29 is 19.1 Å². The molecule has 2 unspecified atom stereocenters. The van der Waals surface area contributed by atoms with Gasteiger partial charge in [0.05, 0.1) is 13.2 Å². The third-order valence-corrected chi connectivity index (χ3v) is 3.33. The Morgan fingerprint density at radius 1 is 1.11 bits per heavy atom. The molecule has 2 atom stereocenters. The fourth-order valence-electron chi connectivity index (χ4n) is 1.66. The largest absolute Gasteiger partial charge is 0.465 e. The molecule has 0 saturated heterocycles. The van der Waals surface area contributed by atoms with Crippen LogP contribution in [0.3, 0.4) is 0 Å². The van der Waals surface area contributed by atoms with Crippen LogP contribution < -0.4 is 10.6 Å². The first-order valence-corrected chi connectivity index (χ1v) is 7.14. The Morgan fingerprint density at radius 2 is 1.63 bits per heavy atom. The van der Waals surface area contributed by atoms with Gasteiger partial charge in [-0.25, -0.2) is 0 Å². The highest BCUT2D eigenvalue weighted by molar-refractivity contribution is 7.29. The van der Waals surface area contributed by atoms with E-state index < -0.39 is 17.9 Å². The molecule has 0 amide bonds. The smallest absolute Gasteiger partial charge is 0.324 e. The molecule has 4 nitrogen and oxygen atoms in total. The van der Waals surface area contributed by atoms with Gasteiger partial charge in [-0.15, -0.1) is 18.5 Å². The minimum absolute atomic E-state index is 0.225. The molecule has 0 aliphatic carbocycles. The minimum atomic E-state index is -1.03. The maximum absolute atomic E-state index is 12.0. The van der Waals surface area contributed by atoms with Crippen molar-refractivity contribution in [3.8, 4) is 0 Å². The van der Waals surface area contributed by atoms with Crippen molar-refractivity contribution in [2.45, 2.75) is 19.8 Å². The van der Waals surface area contributed by atoms with Crippen molar-refractivity contribution in [2.75, 3.05) is 13.2 Å². The van der Waals surface area contributed by atoms with E-state index in [0.29, 0.717) is 5.56 Å². The van der Waals surface area contributed by atoms with E-state index in [9.17, 15) is 9.59 Å². The summed E-state index contributed by atoms with van der Waals surface area (Å²) >= 11 is 0. The molecule has 104 valence electrons. The van der Waals surface area contributed by atoms with Crippen molar-refractivity contribution in [3.05, 3.63) is 23.8 Å². The maximum atomic E-state index is 12.0. The van der Waals surface area contributed by atoms with Crippen LogP contribution in [-0.4, -0.2) is 25.2 Å². The van der Waals surface area contributed by atoms with Crippen LogP contribution in [-0.2, 0) is 19.1 Å². The highest BCUT2D eigenvalue weighted by Gasteiger charge is 2.32. The van der Waals surface area contributed by atoms with Crippen LogP contribution in [0.15, 0.2) is 18.2 Å². The topological polar surface area (TPSA) is 52.6 Å². The molecule has 19 heavy (non-hydrogen) atoms. The summed E-state index contributed by atoms with van der Waals surface area (Å²) < 4.78 is 9.91. The molecular formula is C13H18O4P2. The van der Waals surface area contributed by atoms with E-state index in [1.54, 1.807) is 19.9 Å². The molecule has 1 rings (SSSR count). The van der Waals surface area contributed by atoms with Crippen molar-refractivity contribution >= 4 is 41.0 Å². The van der Waals surface area contributed by atoms with E-state index in [2.05, 4.69) is 18.5 Å². The van der Waals surface area contributed by atoms with Crippen molar-refractivity contribution in [3.63, 3.8) is 0 Å². The molecule has 0 N–H and O–H groups in total. The van der Waals surface area contributed by atoms with Gasteiger partial charge in [0.15, 0.2) is 5.92 Å². The number of rotatable bonds is 5. The zero-order valence-corrected chi connectivity index (χ0v) is 13.3. The average molecular weight is 300 g/mol. The number of hydrogen-bond donors (Lipinski definition) is 0. The summed E-state index contributed by atoms with van der Waals surface area (Å²) in [4.78, 5) is 23.9. The van der Waals surface area contributed by atoms with Gasteiger partial charge in [-0.05, 0) is 36.1 Å². The summed E-state index contributed by atoms with van der Waals surface area (Å²) in [5.74, 6) is -2.19. The van der Waals surface area contributed by atoms with Crippen LogP contribution in [0.1, 0.15) is 25.3 Å². The maximum Gasteiger partial charge on any atom is 0.324 e. The molecule has 0 saturated carbocycles. The van der Waals surface area contributed by atoms with Gasteiger partial charge in [0, 0.05) is 0 Å². The van der Waals surface area contributed by atoms with E-state index in [0.717, 1.165) is 10.6 Å².